The first-order valence-electron chi connectivity index (χ1n) is 4.27. The van der Waals surface area contributed by atoms with Gasteiger partial charge in [-0.25, -0.2) is 0 Å². The van der Waals surface area contributed by atoms with Crippen LogP contribution in [0.15, 0.2) is 30.3 Å². The Labute approximate surface area is 68.6 Å². The third kappa shape index (κ3) is 2.85. The summed E-state index contributed by atoms with van der Waals surface area (Å²) >= 11 is 0. The van der Waals surface area contributed by atoms with E-state index < -0.39 is 12.5 Å². The van der Waals surface area contributed by atoms with Crippen molar-refractivity contribution in [2.45, 2.75) is 13.5 Å². The molecule has 2 heteroatoms. The van der Waals surface area contributed by atoms with Crippen LogP contribution >= 0.6 is 0 Å². The minimum absolute atomic E-state index is 0.338. The predicted molar refractivity (Wildman–Crippen MR) is 41.9 cm³/mol. The van der Waals surface area contributed by atoms with Gasteiger partial charge in [0.1, 0.15) is 6.56 Å². The van der Waals surface area contributed by atoms with Crippen LogP contribution in [0.25, 0.3) is 0 Å². The quantitative estimate of drug-likeness (QED) is 0.603. The Morgan fingerprint density at radius 3 is 2.73 bits per heavy atom. The molecule has 2 nitrogen and oxygen atoms in total. The highest BCUT2D eigenvalue weighted by Gasteiger charge is 1.93. The lowest BCUT2D eigenvalue weighted by Crippen LogP contribution is -1.97. The third-order valence-corrected chi connectivity index (χ3v) is 1.09. The maximum absolute atomic E-state index is 10.6. The van der Waals surface area contributed by atoms with Crippen molar-refractivity contribution in [2.24, 2.45) is 0 Å². The lowest BCUT2D eigenvalue weighted by Gasteiger charge is -1.99. The topological polar surface area (TPSA) is 26.3 Å². The van der Waals surface area contributed by atoms with Crippen LogP contribution in [0.3, 0.4) is 0 Å². The first kappa shape index (κ1) is 5.35. The molecule has 0 saturated carbocycles. The molecule has 0 fully saturated rings. The molecule has 0 unspecified atom stereocenters. The fourth-order valence-corrected chi connectivity index (χ4v) is 0.637. The number of esters is 1. The van der Waals surface area contributed by atoms with Crippen molar-refractivity contribution < 1.29 is 12.3 Å². The van der Waals surface area contributed by atoms with Crippen LogP contribution in [0, 0.1) is 0 Å². The van der Waals surface area contributed by atoms with Gasteiger partial charge in [0.05, 0.1) is 2.74 Å². The highest BCUT2D eigenvalue weighted by atomic mass is 16.5. The molecule has 0 radical (unpaired) electrons. The van der Waals surface area contributed by atoms with Gasteiger partial charge in [-0.05, 0) is 5.56 Å². The molecule has 1 aromatic carbocycles. The van der Waals surface area contributed by atoms with Crippen molar-refractivity contribution in [1.82, 2.24) is 0 Å². The average Bonchev–Trinajstić information content (AvgIpc) is 2.04. The summed E-state index contributed by atoms with van der Waals surface area (Å²) in [6, 6.07) is 8.30. The number of hydrogen-bond donors (Lipinski definition) is 0. The third-order valence-electron chi connectivity index (χ3n) is 1.09. The van der Waals surface area contributed by atoms with E-state index in [9.17, 15) is 4.79 Å². The minimum Gasteiger partial charge on any atom is -0.461 e. The van der Waals surface area contributed by atoms with Gasteiger partial charge in [-0.2, -0.15) is 0 Å². The summed E-state index contributed by atoms with van der Waals surface area (Å²) in [4.78, 5) is 10.6. The fourth-order valence-electron chi connectivity index (χ4n) is 0.637. The smallest absolute Gasteiger partial charge is 0.302 e. The maximum Gasteiger partial charge on any atom is 0.302 e. The predicted octanol–water partition coefficient (Wildman–Crippen LogP) is 1.75. The lowest BCUT2D eigenvalue weighted by atomic mass is 10.2. The molecule has 0 atom stereocenters. The second-order valence-corrected chi connectivity index (χ2v) is 2.06. The zero-order valence-corrected chi connectivity index (χ0v) is 6.20. The zero-order chi connectivity index (χ0) is 9.90. The molecule has 0 spiro atoms. The van der Waals surface area contributed by atoms with Crippen LogP contribution < -0.4 is 0 Å². The summed E-state index contributed by atoms with van der Waals surface area (Å²) in [6.45, 7) is -0.853. The lowest BCUT2D eigenvalue weighted by molar-refractivity contribution is -0.142. The van der Waals surface area contributed by atoms with Crippen LogP contribution in [0.4, 0.5) is 0 Å². The molecule has 58 valence electrons. The minimum atomic E-state index is -2.03. The van der Waals surface area contributed by atoms with Crippen LogP contribution in [0.2, 0.25) is 0 Å². The Morgan fingerprint density at radius 2 is 2.18 bits per heavy atom. The van der Waals surface area contributed by atoms with Crippen LogP contribution in [-0.2, 0) is 16.1 Å². The Morgan fingerprint density at radius 1 is 1.55 bits per heavy atom. The van der Waals surface area contributed by atoms with Gasteiger partial charge >= 0.3 is 5.97 Å². The Kier molecular flexibility index (Phi) is 1.83. The largest absolute Gasteiger partial charge is 0.461 e. The van der Waals surface area contributed by atoms with Gasteiger partial charge < -0.3 is 4.74 Å². The fraction of sp³-hybridized carbons (Fsp3) is 0.222. The normalized spacial score (nSPS) is 13.2. The van der Waals surface area contributed by atoms with Gasteiger partial charge in [0.15, 0.2) is 0 Å². The van der Waals surface area contributed by atoms with Gasteiger partial charge in [0.2, 0.25) is 0 Å². The summed E-state index contributed by atoms with van der Waals surface area (Å²) in [5.74, 6) is -0.631. The summed E-state index contributed by atoms with van der Waals surface area (Å²) in [5, 5.41) is 0. The summed E-state index contributed by atoms with van der Waals surface area (Å²) < 4.78 is 19.4. The SMILES string of the molecule is [2H]C([2H])(OC(C)=O)c1ccccc1. The van der Waals surface area contributed by atoms with Crippen molar-refractivity contribution in [3.8, 4) is 0 Å². The van der Waals surface area contributed by atoms with Crippen LogP contribution in [0.1, 0.15) is 15.2 Å². The molecular formula is C9H10O2. The molecule has 0 bridgehead atoms. The standard InChI is InChI=1S/C9H10O2/c1-8(10)11-7-9-5-3-2-4-6-9/h2-6H,7H2,1H3/i7D2. The van der Waals surface area contributed by atoms with Gasteiger partial charge in [0, 0.05) is 6.92 Å². The average molecular weight is 152 g/mol. The number of rotatable bonds is 2. The highest BCUT2D eigenvalue weighted by Crippen LogP contribution is 1.99. The van der Waals surface area contributed by atoms with Crippen LogP contribution in [0.5, 0.6) is 0 Å². The van der Waals surface area contributed by atoms with Gasteiger partial charge in [-0.15, -0.1) is 0 Å². The van der Waals surface area contributed by atoms with E-state index in [1.165, 1.54) is 6.92 Å². The Bertz CT molecular complexity index is 296. The van der Waals surface area contributed by atoms with E-state index in [4.69, 9.17) is 2.74 Å². The van der Waals surface area contributed by atoms with E-state index in [0.29, 0.717) is 5.56 Å². The van der Waals surface area contributed by atoms with E-state index in [1.807, 2.05) is 0 Å². The Hall–Kier alpha value is -1.31. The first-order chi connectivity index (χ1) is 6.02. The summed E-state index contributed by atoms with van der Waals surface area (Å²) in [6.07, 6.45) is 0. The molecule has 0 saturated heterocycles. The molecule has 0 heterocycles. The number of carbonyl (C=O) groups is 1. The second kappa shape index (κ2) is 3.76. The first-order valence-corrected chi connectivity index (χ1v) is 3.27. The molecule has 1 rings (SSSR count). The zero-order valence-electron chi connectivity index (χ0n) is 8.20. The van der Waals surface area contributed by atoms with Gasteiger partial charge in [0.25, 0.3) is 0 Å². The molecule has 1 aromatic rings. The van der Waals surface area contributed by atoms with Crippen molar-refractivity contribution in [3.05, 3.63) is 35.9 Å². The van der Waals surface area contributed by atoms with Crippen molar-refractivity contribution in [1.29, 1.82) is 0 Å². The summed E-state index contributed by atoms with van der Waals surface area (Å²) in [5.41, 5.74) is 0.338. The molecule has 11 heavy (non-hydrogen) atoms. The molecule has 0 aromatic heterocycles. The highest BCUT2D eigenvalue weighted by molar-refractivity contribution is 5.65. The molecule has 0 amide bonds. The summed E-state index contributed by atoms with van der Waals surface area (Å²) in [7, 11) is 0. The molecule has 0 aliphatic heterocycles. The van der Waals surface area contributed by atoms with Crippen molar-refractivity contribution >= 4 is 5.97 Å². The molecule has 0 N–H and O–H groups in total. The number of carbonyl (C=O) groups excluding carboxylic acids is 1. The van der Waals surface area contributed by atoms with E-state index >= 15 is 0 Å². The molecule has 0 aliphatic rings. The Balaban J connectivity index is 2.87. The number of ether oxygens (including phenoxy) is 1. The molecular weight excluding hydrogens is 140 g/mol. The van der Waals surface area contributed by atoms with Gasteiger partial charge in [-0.3, -0.25) is 4.79 Å². The van der Waals surface area contributed by atoms with E-state index in [1.54, 1.807) is 30.3 Å². The van der Waals surface area contributed by atoms with Crippen molar-refractivity contribution in [2.75, 3.05) is 0 Å². The number of hydrogen-bond acceptors (Lipinski definition) is 2. The molecule has 0 aliphatic carbocycles. The maximum atomic E-state index is 10.6. The van der Waals surface area contributed by atoms with E-state index in [2.05, 4.69) is 4.74 Å². The monoisotopic (exact) mass is 152 g/mol. The van der Waals surface area contributed by atoms with Crippen LogP contribution in [-0.4, -0.2) is 5.97 Å². The van der Waals surface area contributed by atoms with E-state index in [-0.39, 0.29) is 0 Å². The van der Waals surface area contributed by atoms with Gasteiger partial charge in [-0.1, -0.05) is 30.3 Å². The van der Waals surface area contributed by atoms with E-state index in [0.717, 1.165) is 0 Å². The van der Waals surface area contributed by atoms with Crippen molar-refractivity contribution in [3.63, 3.8) is 0 Å². The second-order valence-electron chi connectivity index (χ2n) is 2.06. The number of benzene rings is 1.